The van der Waals surface area contributed by atoms with Crippen LogP contribution in [0.1, 0.15) is 17.7 Å². The Morgan fingerprint density at radius 2 is 2.00 bits per heavy atom. The molecule has 0 fully saturated rings. The lowest BCUT2D eigenvalue weighted by atomic mass is 10.1. The topological polar surface area (TPSA) is 79.9 Å². The van der Waals surface area contributed by atoms with E-state index in [1.807, 2.05) is 42.5 Å². The van der Waals surface area contributed by atoms with E-state index in [-0.39, 0.29) is 5.56 Å². The number of nitrogens with zero attached hydrogens (tertiary/aromatic N) is 2. The summed E-state index contributed by atoms with van der Waals surface area (Å²) in [6.07, 6.45) is 3.42. The van der Waals surface area contributed by atoms with Gasteiger partial charge in [0.25, 0.3) is 5.56 Å². The van der Waals surface area contributed by atoms with Gasteiger partial charge in [-0.1, -0.05) is 29.8 Å². The fourth-order valence-corrected chi connectivity index (χ4v) is 2.51. The van der Waals surface area contributed by atoms with E-state index in [1.54, 1.807) is 12.3 Å². The van der Waals surface area contributed by atoms with Crippen LogP contribution in [0.5, 0.6) is 5.88 Å². The molecule has 0 radical (unpaired) electrons. The largest absolute Gasteiger partial charge is 0.477 e. The molecule has 26 heavy (non-hydrogen) atoms. The molecule has 0 spiro atoms. The Kier molecular flexibility index (Phi) is 6.22. The van der Waals surface area contributed by atoms with Crippen LogP contribution in [-0.2, 0) is 13.0 Å². The van der Waals surface area contributed by atoms with Gasteiger partial charge in [0.1, 0.15) is 5.69 Å². The second-order valence-electron chi connectivity index (χ2n) is 5.70. The minimum Gasteiger partial charge on any atom is -0.477 e. The Morgan fingerprint density at radius 1 is 1.15 bits per heavy atom. The zero-order chi connectivity index (χ0) is 18.2. The third-order valence-corrected chi connectivity index (χ3v) is 3.99. The number of H-pyrrole nitrogens is 1. The first-order chi connectivity index (χ1) is 12.7. The van der Waals surface area contributed by atoms with Gasteiger partial charge in [-0.3, -0.25) is 9.78 Å². The number of aromatic nitrogens is 3. The number of ether oxygens (including phenoxy) is 1. The van der Waals surface area contributed by atoms with Crippen molar-refractivity contribution >= 4 is 17.3 Å². The van der Waals surface area contributed by atoms with Crippen molar-refractivity contribution in [2.75, 3.05) is 11.9 Å². The summed E-state index contributed by atoms with van der Waals surface area (Å²) in [6, 6.07) is 15.0. The molecule has 6 nitrogen and oxygen atoms in total. The van der Waals surface area contributed by atoms with E-state index in [4.69, 9.17) is 16.3 Å². The molecule has 3 aromatic rings. The van der Waals surface area contributed by atoms with Gasteiger partial charge in [-0.05, 0) is 42.7 Å². The van der Waals surface area contributed by atoms with Crippen molar-refractivity contribution < 1.29 is 4.74 Å². The van der Waals surface area contributed by atoms with Crippen LogP contribution in [0.15, 0.2) is 59.5 Å². The Bertz CT molecular complexity index is 882. The van der Waals surface area contributed by atoms with Gasteiger partial charge in [0.2, 0.25) is 5.88 Å². The van der Waals surface area contributed by atoms with Crippen LogP contribution in [0.25, 0.3) is 0 Å². The average Bonchev–Trinajstić information content (AvgIpc) is 2.67. The van der Waals surface area contributed by atoms with Gasteiger partial charge >= 0.3 is 0 Å². The maximum atomic E-state index is 11.9. The summed E-state index contributed by atoms with van der Waals surface area (Å²) < 4.78 is 5.64. The monoisotopic (exact) mass is 370 g/mol. The van der Waals surface area contributed by atoms with Crippen molar-refractivity contribution in [2.45, 2.75) is 19.4 Å². The van der Waals surface area contributed by atoms with Crippen molar-refractivity contribution in [1.29, 1.82) is 0 Å². The van der Waals surface area contributed by atoms with Crippen molar-refractivity contribution in [3.8, 4) is 5.88 Å². The molecule has 0 aliphatic rings. The van der Waals surface area contributed by atoms with Gasteiger partial charge in [-0.2, -0.15) is 0 Å². The molecule has 2 N–H and O–H groups in total. The van der Waals surface area contributed by atoms with E-state index >= 15 is 0 Å². The lowest BCUT2D eigenvalue weighted by Crippen LogP contribution is -2.16. The molecule has 0 amide bonds. The van der Waals surface area contributed by atoms with E-state index in [9.17, 15) is 4.79 Å². The second-order valence-corrected chi connectivity index (χ2v) is 6.14. The highest BCUT2D eigenvalue weighted by Gasteiger charge is 2.05. The minimum atomic E-state index is -0.297. The molecular formula is C19H19ClN4O2. The maximum Gasteiger partial charge on any atom is 0.287 e. The minimum absolute atomic E-state index is 0.297. The van der Waals surface area contributed by atoms with E-state index < -0.39 is 0 Å². The Balaban J connectivity index is 1.50. The van der Waals surface area contributed by atoms with Crippen LogP contribution in [0, 0.1) is 0 Å². The lowest BCUT2D eigenvalue weighted by molar-refractivity contribution is 0.295. The van der Waals surface area contributed by atoms with Crippen molar-refractivity contribution in [3.05, 3.63) is 81.4 Å². The molecule has 2 heterocycles. The summed E-state index contributed by atoms with van der Waals surface area (Å²) in [5, 5.41) is 10.1. The molecule has 3 rings (SSSR count). The molecule has 0 atom stereocenters. The normalized spacial score (nSPS) is 10.5. The third-order valence-electron chi connectivity index (χ3n) is 3.74. The predicted octanol–water partition coefficient (Wildman–Crippen LogP) is 3.44. The molecule has 0 aliphatic heterocycles. The van der Waals surface area contributed by atoms with Crippen LogP contribution >= 0.6 is 11.6 Å². The number of rotatable bonds is 8. The summed E-state index contributed by atoms with van der Waals surface area (Å²) >= 11 is 5.87. The molecule has 0 aliphatic carbocycles. The summed E-state index contributed by atoms with van der Waals surface area (Å²) in [5.41, 5.74) is 2.15. The van der Waals surface area contributed by atoms with Crippen molar-refractivity contribution in [1.82, 2.24) is 15.2 Å². The van der Waals surface area contributed by atoms with Crippen LogP contribution in [0.2, 0.25) is 5.02 Å². The van der Waals surface area contributed by atoms with Gasteiger partial charge < -0.3 is 10.1 Å². The lowest BCUT2D eigenvalue weighted by Gasteiger charge is -2.08. The molecule has 0 unspecified atom stereocenters. The summed E-state index contributed by atoms with van der Waals surface area (Å²) in [4.78, 5) is 16.1. The molecule has 2 aromatic heterocycles. The molecule has 7 heteroatoms. The number of hydrogen-bond donors (Lipinski definition) is 2. The third kappa shape index (κ3) is 5.32. The molecule has 134 valence electrons. The number of pyridine rings is 1. The number of benzene rings is 1. The van der Waals surface area contributed by atoms with Gasteiger partial charge in [-0.25, -0.2) is 5.10 Å². The van der Waals surface area contributed by atoms with Crippen LogP contribution in [0.4, 0.5) is 5.69 Å². The number of anilines is 1. The number of aromatic amines is 1. The molecule has 0 saturated heterocycles. The Hall–Kier alpha value is -2.86. The Labute approximate surface area is 156 Å². The quantitative estimate of drug-likeness (QED) is 0.594. The van der Waals surface area contributed by atoms with Crippen molar-refractivity contribution in [3.63, 3.8) is 0 Å². The first-order valence-corrected chi connectivity index (χ1v) is 8.69. The SMILES string of the molecule is O=c1[nH]nc(OCCCc2ccc(Cl)cc2)cc1NCc1ccccn1. The fraction of sp³-hybridized carbons (Fsp3) is 0.211. The zero-order valence-electron chi connectivity index (χ0n) is 14.1. The van der Waals surface area contributed by atoms with Crippen molar-refractivity contribution in [2.24, 2.45) is 0 Å². The van der Waals surface area contributed by atoms with E-state index in [1.165, 1.54) is 5.56 Å². The smallest absolute Gasteiger partial charge is 0.287 e. The first-order valence-electron chi connectivity index (χ1n) is 8.31. The predicted molar refractivity (Wildman–Crippen MR) is 102 cm³/mol. The standard InChI is InChI=1S/C19H19ClN4O2/c20-15-8-6-14(7-9-15)4-3-11-26-18-12-17(19(25)24-23-18)22-13-16-5-1-2-10-21-16/h1-2,5-10,12H,3-4,11,13H2,(H,22,23)(H,24,25). The van der Waals surface area contributed by atoms with Crippen LogP contribution < -0.4 is 15.6 Å². The van der Waals surface area contributed by atoms with Gasteiger partial charge in [0.05, 0.1) is 18.8 Å². The zero-order valence-corrected chi connectivity index (χ0v) is 14.9. The molecule has 1 aromatic carbocycles. The van der Waals surface area contributed by atoms with E-state index in [0.717, 1.165) is 23.6 Å². The highest BCUT2D eigenvalue weighted by atomic mass is 35.5. The number of halogens is 1. The van der Waals surface area contributed by atoms with Gasteiger partial charge in [-0.15, -0.1) is 5.10 Å². The average molecular weight is 371 g/mol. The second kappa shape index (κ2) is 9.01. The van der Waals surface area contributed by atoms with Crippen LogP contribution in [-0.4, -0.2) is 21.8 Å². The fourth-order valence-electron chi connectivity index (χ4n) is 2.39. The highest BCUT2D eigenvalue weighted by molar-refractivity contribution is 6.30. The summed E-state index contributed by atoms with van der Waals surface area (Å²) in [6.45, 7) is 0.950. The number of hydrogen-bond acceptors (Lipinski definition) is 5. The summed E-state index contributed by atoms with van der Waals surface area (Å²) in [7, 11) is 0. The van der Waals surface area contributed by atoms with E-state index in [2.05, 4.69) is 20.5 Å². The first kappa shape index (κ1) is 17.9. The van der Waals surface area contributed by atoms with Gasteiger partial charge in [0.15, 0.2) is 0 Å². The van der Waals surface area contributed by atoms with E-state index in [0.29, 0.717) is 24.7 Å². The number of nitrogens with one attached hydrogen (secondary N) is 2. The summed E-state index contributed by atoms with van der Waals surface area (Å²) in [5.74, 6) is 0.379. The molecule has 0 saturated carbocycles. The molecular weight excluding hydrogens is 352 g/mol. The maximum absolute atomic E-state index is 11.9. The number of aryl methyl sites for hydroxylation is 1. The molecule has 0 bridgehead atoms. The van der Waals surface area contributed by atoms with Gasteiger partial charge in [0, 0.05) is 17.3 Å². The highest BCUT2D eigenvalue weighted by Crippen LogP contribution is 2.13. The Morgan fingerprint density at radius 3 is 2.77 bits per heavy atom. The van der Waals surface area contributed by atoms with Crippen LogP contribution in [0.3, 0.4) is 0 Å².